The van der Waals surface area contributed by atoms with E-state index in [1.165, 1.54) is 0 Å². The molecule has 8 nitrogen and oxygen atoms in total. The van der Waals surface area contributed by atoms with E-state index in [2.05, 4.69) is 37.1 Å². The molecule has 0 amide bonds. The second kappa shape index (κ2) is 8.88. The lowest BCUT2D eigenvalue weighted by Gasteiger charge is -2.15. The first kappa shape index (κ1) is 19.7. The highest BCUT2D eigenvalue weighted by molar-refractivity contribution is 5.68. The number of hydrogen-bond acceptors (Lipinski definition) is 7. The van der Waals surface area contributed by atoms with Gasteiger partial charge in [-0.05, 0) is 43.3 Å². The number of hydrogen-bond donors (Lipinski definition) is 3. The van der Waals surface area contributed by atoms with Crippen LogP contribution in [0.4, 0.5) is 17.3 Å². The minimum atomic E-state index is 0.324. The third kappa shape index (κ3) is 4.29. The molecule has 1 aliphatic rings. The van der Waals surface area contributed by atoms with Gasteiger partial charge in [0.2, 0.25) is 5.95 Å². The van der Waals surface area contributed by atoms with Crippen LogP contribution in [0.1, 0.15) is 12.0 Å². The van der Waals surface area contributed by atoms with E-state index in [0.29, 0.717) is 17.6 Å². The first-order valence-electron chi connectivity index (χ1n) is 10.5. The highest BCUT2D eigenvalue weighted by Gasteiger charge is 2.16. The molecule has 0 radical (unpaired) electrons. The van der Waals surface area contributed by atoms with Crippen LogP contribution in [0, 0.1) is 11.3 Å². The monoisotopic (exact) mass is 422 g/mol. The summed E-state index contributed by atoms with van der Waals surface area (Å²) in [5.74, 6) is 0.488. The van der Waals surface area contributed by atoms with Gasteiger partial charge in [0.25, 0.3) is 0 Å². The van der Waals surface area contributed by atoms with Crippen LogP contribution in [-0.2, 0) is 0 Å². The van der Waals surface area contributed by atoms with Crippen molar-refractivity contribution in [3.63, 3.8) is 0 Å². The Kier molecular flexibility index (Phi) is 5.47. The van der Waals surface area contributed by atoms with Crippen molar-refractivity contribution < 1.29 is 0 Å². The molecule has 0 spiro atoms. The predicted octanol–water partition coefficient (Wildman–Crippen LogP) is 3.72. The van der Waals surface area contributed by atoms with Crippen LogP contribution in [0.2, 0.25) is 0 Å². The van der Waals surface area contributed by atoms with Crippen molar-refractivity contribution in [2.75, 3.05) is 23.7 Å². The molecule has 1 aliphatic heterocycles. The number of para-hydroxylation sites is 1. The normalized spacial score (nSPS) is 15.3. The number of aromatic nitrogens is 4. The van der Waals surface area contributed by atoms with Gasteiger partial charge in [0, 0.05) is 48.0 Å². The van der Waals surface area contributed by atoms with Gasteiger partial charge in [-0.2, -0.15) is 10.4 Å². The highest BCUT2D eigenvalue weighted by Crippen LogP contribution is 2.25. The van der Waals surface area contributed by atoms with Crippen molar-refractivity contribution in [1.82, 2.24) is 25.1 Å². The quantitative estimate of drug-likeness (QED) is 0.435. The topological polar surface area (TPSA) is 103 Å². The van der Waals surface area contributed by atoms with E-state index < -0.39 is 0 Å². The van der Waals surface area contributed by atoms with Crippen LogP contribution in [-0.4, -0.2) is 38.9 Å². The molecule has 2 aromatic heterocycles. The van der Waals surface area contributed by atoms with Gasteiger partial charge in [0.15, 0.2) is 0 Å². The van der Waals surface area contributed by atoms with Crippen molar-refractivity contribution in [2.24, 2.45) is 0 Å². The van der Waals surface area contributed by atoms with Crippen molar-refractivity contribution in [1.29, 1.82) is 5.26 Å². The Labute approximate surface area is 186 Å². The van der Waals surface area contributed by atoms with Crippen molar-refractivity contribution in [3.8, 4) is 22.9 Å². The minimum absolute atomic E-state index is 0.324. The molecule has 4 aromatic rings. The average Bonchev–Trinajstić information content (AvgIpc) is 3.53. The summed E-state index contributed by atoms with van der Waals surface area (Å²) in [6.45, 7) is 1.88. The van der Waals surface area contributed by atoms with Gasteiger partial charge in [-0.25, -0.2) is 14.6 Å². The second-order valence-corrected chi connectivity index (χ2v) is 7.64. The van der Waals surface area contributed by atoms with Gasteiger partial charge in [-0.1, -0.05) is 18.2 Å². The Morgan fingerprint density at radius 3 is 2.62 bits per heavy atom. The smallest absolute Gasteiger partial charge is 0.227 e. The number of rotatable bonds is 6. The van der Waals surface area contributed by atoms with E-state index >= 15 is 0 Å². The van der Waals surface area contributed by atoms with E-state index in [1.54, 1.807) is 24.7 Å². The number of nitriles is 1. The molecule has 1 saturated heterocycles. The lowest BCUT2D eigenvalue weighted by molar-refractivity contribution is 0.793. The van der Waals surface area contributed by atoms with Crippen molar-refractivity contribution >= 4 is 17.3 Å². The fourth-order valence-corrected chi connectivity index (χ4v) is 3.70. The molecule has 5 rings (SSSR count). The zero-order valence-electron chi connectivity index (χ0n) is 17.4. The molecule has 0 saturated carbocycles. The lowest BCUT2D eigenvalue weighted by atomic mass is 10.1. The third-order valence-corrected chi connectivity index (χ3v) is 5.40. The van der Waals surface area contributed by atoms with E-state index in [-0.39, 0.29) is 0 Å². The maximum Gasteiger partial charge on any atom is 0.227 e. The van der Waals surface area contributed by atoms with E-state index in [0.717, 1.165) is 47.7 Å². The maximum atomic E-state index is 9.43. The molecule has 8 heteroatoms. The zero-order chi connectivity index (χ0) is 21.8. The van der Waals surface area contributed by atoms with Gasteiger partial charge in [-0.15, -0.1) is 0 Å². The molecule has 32 heavy (non-hydrogen) atoms. The lowest BCUT2D eigenvalue weighted by Crippen LogP contribution is -2.22. The maximum absolute atomic E-state index is 9.43. The molecule has 3 heterocycles. The number of nitrogens with zero attached hydrogens (tertiary/aromatic N) is 5. The molecule has 2 aromatic carbocycles. The minimum Gasteiger partial charge on any atom is -0.380 e. The average molecular weight is 422 g/mol. The van der Waals surface area contributed by atoms with Crippen molar-refractivity contribution in [2.45, 2.75) is 12.5 Å². The van der Waals surface area contributed by atoms with Crippen LogP contribution < -0.4 is 16.0 Å². The van der Waals surface area contributed by atoms with Gasteiger partial charge in [0.1, 0.15) is 6.07 Å². The second-order valence-electron chi connectivity index (χ2n) is 7.64. The Morgan fingerprint density at radius 1 is 1.03 bits per heavy atom. The van der Waals surface area contributed by atoms with Crippen LogP contribution in [0.15, 0.2) is 73.3 Å². The van der Waals surface area contributed by atoms with Gasteiger partial charge in [-0.3, -0.25) is 0 Å². The van der Waals surface area contributed by atoms with Crippen LogP contribution in [0.25, 0.3) is 16.8 Å². The largest absolute Gasteiger partial charge is 0.380 e. The molecule has 1 unspecified atom stereocenters. The van der Waals surface area contributed by atoms with Gasteiger partial charge < -0.3 is 16.0 Å². The Bertz CT molecular complexity index is 1240. The van der Waals surface area contributed by atoms with E-state index in [4.69, 9.17) is 0 Å². The summed E-state index contributed by atoms with van der Waals surface area (Å²) in [4.78, 5) is 8.91. The standard InChI is InChI=1S/C24H22N8/c25-11-17-6-7-20(10-23(17)30-21-8-9-26-15-21)31-24-27-12-18(13-28-24)19-14-29-32(16-19)22-4-2-1-3-5-22/h1-7,10,12-14,16,21,26,30H,8-9,15H2,(H,27,28,31). The molecule has 0 aliphatic carbocycles. The zero-order valence-corrected chi connectivity index (χ0v) is 17.4. The number of nitrogens with one attached hydrogen (secondary N) is 3. The van der Waals surface area contributed by atoms with Crippen LogP contribution >= 0.6 is 0 Å². The summed E-state index contributed by atoms with van der Waals surface area (Å²) >= 11 is 0. The summed E-state index contributed by atoms with van der Waals surface area (Å²) in [5.41, 5.74) is 5.08. The van der Waals surface area contributed by atoms with Crippen LogP contribution in [0.3, 0.4) is 0 Å². The van der Waals surface area contributed by atoms with E-state index in [1.807, 2.05) is 53.3 Å². The van der Waals surface area contributed by atoms with E-state index in [9.17, 15) is 5.26 Å². The molecule has 3 N–H and O–H groups in total. The molecule has 0 bridgehead atoms. The fourth-order valence-electron chi connectivity index (χ4n) is 3.70. The Morgan fingerprint density at radius 2 is 1.88 bits per heavy atom. The molecular formula is C24H22N8. The van der Waals surface area contributed by atoms with Gasteiger partial charge >= 0.3 is 0 Å². The van der Waals surface area contributed by atoms with Crippen molar-refractivity contribution in [3.05, 3.63) is 78.9 Å². The molecule has 158 valence electrons. The summed E-state index contributed by atoms with van der Waals surface area (Å²) in [6.07, 6.45) is 8.34. The summed E-state index contributed by atoms with van der Waals surface area (Å²) in [6, 6.07) is 18.1. The first-order valence-corrected chi connectivity index (χ1v) is 10.5. The Balaban J connectivity index is 1.31. The molecule has 1 atom stereocenters. The summed E-state index contributed by atoms with van der Waals surface area (Å²) in [7, 11) is 0. The summed E-state index contributed by atoms with van der Waals surface area (Å²) in [5, 5.41) is 23.9. The Hall–Kier alpha value is -4.22. The highest BCUT2D eigenvalue weighted by atomic mass is 15.3. The third-order valence-electron chi connectivity index (χ3n) is 5.40. The SMILES string of the molecule is N#Cc1ccc(Nc2ncc(-c3cnn(-c4ccccc4)c3)cn2)cc1NC1CCNC1. The van der Waals surface area contributed by atoms with Gasteiger partial charge in [0.05, 0.1) is 23.1 Å². The number of benzene rings is 2. The first-order chi connectivity index (χ1) is 15.8. The van der Waals surface area contributed by atoms with Crippen LogP contribution in [0.5, 0.6) is 0 Å². The fraction of sp³-hybridized carbons (Fsp3) is 0.167. The molecular weight excluding hydrogens is 400 g/mol. The molecule has 1 fully saturated rings. The number of anilines is 3. The predicted molar refractivity (Wildman–Crippen MR) is 124 cm³/mol. The summed E-state index contributed by atoms with van der Waals surface area (Å²) < 4.78 is 1.83.